The predicted molar refractivity (Wildman–Crippen MR) is 139 cm³/mol. The number of likely N-dealkylation sites (tertiary alicyclic amines) is 1. The fraction of sp³-hybridized carbons (Fsp3) is 0.448. The number of aliphatic hydroxyl groups is 1. The lowest BCUT2D eigenvalue weighted by Gasteiger charge is -2.62. The number of benzene rings is 2. The number of carbonyl (C=O) groups excluding carboxylic acids is 2. The molecular weight excluding hydrogens is 454 g/mol. The van der Waals surface area contributed by atoms with Gasteiger partial charge in [0.05, 0.1) is 12.7 Å². The fourth-order valence-corrected chi connectivity index (χ4v) is 6.82. The molecular formula is C29H35N3O4. The van der Waals surface area contributed by atoms with Gasteiger partial charge >= 0.3 is 6.03 Å². The smallest absolute Gasteiger partial charge is 0.322 e. The Morgan fingerprint density at radius 1 is 1.14 bits per heavy atom. The Morgan fingerprint density at radius 3 is 2.61 bits per heavy atom. The maximum atomic E-state index is 13.0. The van der Waals surface area contributed by atoms with Crippen LogP contribution in [0.15, 0.2) is 54.6 Å². The molecule has 0 bridgehead atoms. The molecule has 1 aliphatic carbocycles. The molecule has 3 amide bonds. The van der Waals surface area contributed by atoms with Crippen LogP contribution in [0.25, 0.3) is 6.08 Å². The molecule has 0 aromatic heterocycles. The summed E-state index contributed by atoms with van der Waals surface area (Å²) < 4.78 is 5.56. The minimum atomic E-state index is -1.10. The average Bonchev–Trinajstić information content (AvgIpc) is 3.15. The maximum Gasteiger partial charge on any atom is 0.322 e. The van der Waals surface area contributed by atoms with Gasteiger partial charge < -0.3 is 15.2 Å². The highest BCUT2D eigenvalue weighted by molar-refractivity contribution is 6.07. The van der Waals surface area contributed by atoms with Gasteiger partial charge in [0.25, 0.3) is 5.91 Å². The molecule has 3 fully saturated rings. The highest BCUT2D eigenvalue weighted by Crippen LogP contribution is 2.57. The van der Waals surface area contributed by atoms with Crippen LogP contribution >= 0.6 is 0 Å². The molecule has 2 saturated heterocycles. The zero-order chi connectivity index (χ0) is 25.6. The minimum absolute atomic E-state index is 0.158. The third-order valence-electron chi connectivity index (χ3n) is 8.85. The Kier molecular flexibility index (Phi) is 6.17. The van der Waals surface area contributed by atoms with Gasteiger partial charge in [-0.2, -0.15) is 0 Å². The van der Waals surface area contributed by atoms with Crippen molar-refractivity contribution in [1.82, 2.24) is 15.5 Å². The fourth-order valence-electron chi connectivity index (χ4n) is 6.82. The zero-order valence-electron chi connectivity index (χ0n) is 21.2. The molecule has 5 rings (SSSR count). The van der Waals surface area contributed by atoms with E-state index in [0.717, 1.165) is 23.2 Å². The summed E-state index contributed by atoms with van der Waals surface area (Å²) in [7, 11) is 1.63. The van der Waals surface area contributed by atoms with Crippen molar-refractivity contribution in [1.29, 1.82) is 0 Å². The molecule has 7 heteroatoms. The normalized spacial score (nSPS) is 32.4. The van der Waals surface area contributed by atoms with Crippen molar-refractivity contribution in [2.24, 2.45) is 0 Å². The molecule has 4 unspecified atom stereocenters. The van der Waals surface area contributed by atoms with Gasteiger partial charge in [0, 0.05) is 18.0 Å². The number of urea groups is 1. The molecule has 1 saturated carbocycles. The van der Waals surface area contributed by atoms with Crippen LogP contribution in [-0.2, 0) is 10.2 Å². The van der Waals surface area contributed by atoms with E-state index >= 15 is 0 Å². The number of piperidine rings is 1. The van der Waals surface area contributed by atoms with Crippen molar-refractivity contribution >= 4 is 18.0 Å². The number of aryl methyl sites for hydroxylation is 1. The Bertz CT molecular complexity index is 1200. The first kappa shape index (κ1) is 24.5. The van der Waals surface area contributed by atoms with Gasteiger partial charge in [-0.05, 0) is 74.9 Å². The van der Waals surface area contributed by atoms with E-state index in [4.69, 9.17) is 4.74 Å². The van der Waals surface area contributed by atoms with Gasteiger partial charge in [-0.1, -0.05) is 48.6 Å². The minimum Gasteiger partial charge on any atom is -0.497 e. The summed E-state index contributed by atoms with van der Waals surface area (Å²) in [4.78, 5) is 27.5. The van der Waals surface area contributed by atoms with Crippen LogP contribution < -0.4 is 15.4 Å². The molecule has 7 nitrogen and oxygen atoms in total. The highest BCUT2D eigenvalue weighted by Gasteiger charge is 2.66. The Morgan fingerprint density at radius 2 is 1.92 bits per heavy atom. The lowest BCUT2D eigenvalue weighted by atomic mass is 9.49. The summed E-state index contributed by atoms with van der Waals surface area (Å²) in [6.07, 6.45) is 6.06. The summed E-state index contributed by atoms with van der Waals surface area (Å²) in [5.41, 5.74) is 0.335. The second kappa shape index (κ2) is 9.05. The number of hydrogen-bond acceptors (Lipinski definition) is 5. The third-order valence-corrected chi connectivity index (χ3v) is 8.85. The molecule has 190 valence electrons. The molecule has 2 heterocycles. The second-order valence-corrected chi connectivity index (χ2v) is 10.6. The number of methoxy groups -OCH3 is 1. The Labute approximate surface area is 212 Å². The van der Waals surface area contributed by atoms with Gasteiger partial charge in [0.15, 0.2) is 0 Å². The number of nitrogens with zero attached hydrogens (tertiary/aromatic N) is 1. The first-order valence-electron chi connectivity index (χ1n) is 12.7. The van der Waals surface area contributed by atoms with E-state index < -0.39 is 22.6 Å². The molecule has 36 heavy (non-hydrogen) atoms. The number of fused-ring (bicyclic) bond motifs is 1. The highest BCUT2D eigenvalue weighted by atomic mass is 16.5. The molecule has 2 aromatic rings. The van der Waals surface area contributed by atoms with Crippen molar-refractivity contribution < 1.29 is 19.4 Å². The number of amides is 3. The van der Waals surface area contributed by atoms with Gasteiger partial charge in [0.2, 0.25) is 0 Å². The maximum absolute atomic E-state index is 13.0. The predicted octanol–water partition coefficient (Wildman–Crippen LogP) is 3.54. The van der Waals surface area contributed by atoms with E-state index in [9.17, 15) is 14.7 Å². The molecule has 0 radical (unpaired) electrons. The summed E-state index contributed by atoms with van der Waals surface area (Å²) >= 11 is 0. The molecule has 2 aliphatic heterocycles. The van der Waals surface area contributed by atoms with Crippen molar-refractivity contribution in [2.75, 3.05) is 20.2 Å². The van der Waals surface area contributed by atoms with Crippen LogP contribution in [0.4, 0.5) is 4.79 Å². The summed E-state index contributed by atoms with van der Waals surface area (Å²) in [5.74, 6) is 0.420. The zero-order valence-corrected chi connectivity index (χ0v) is 21.2. The van der Waals surface area contributed by atoms with E-state index in [0.29, 0.717) is 38.0 Å². The third kappa shape index (κ3) is 3.82. The second-order valence-electron chi connectivity index (χ2n) is 10.6. The molecule has 2 aromatic carbocycles. The Balaban J connectivity index is 1.53. The van der Waals surface area contributed by atoms with Crippen LogP contribution in [0, 0.1) is 6.92 Å². The SMILES string of the molecule is COc1ccc(C)c(C23CCN(CC=Cc4ccccc4)C(C)C2(O)CCC2(C3)NC(=O)NC2=O)c1. The number of imide groups is 1. The molecule has 4 atom stereocenters. The van der Waals surface area contributed by atoms with Crippen molar-refractivity contribution in [3.05, 3.63) is 71.3 Å². The quantitative estimate of drug-likeness (QED) is 0.559. The van der Waals surface area contributed by atoms with Gasteiger partial charge in [-0.15, -0.1) is 0 Å². The largest absolute Gasteiger partial charge is 0.497 e. The van der Waals surface area contributed by atoms with E-state index in [-0.39, 0.29) is 11.9 Å². The lowest BCUT2D eigenvalue weighted by molar-refractivity contribution is -0.168. The van der Waals surface area contributed by atoms with Crippen LogP contribution in [0.5, 0.6) is 5.75 Å². The average molecular weight is 490 g/mol. The van der Waals surface area contributed by atoms with Crippen LogP contribution in [0.2, 0.25) is 0 Å². The summed E-state index contributed by atoms with van der Waals surface area (Å²) in [5, 5.41) is 17.9. The standard InChI is InChI=1S/C29H35N3O4/c1-20-11-12-23(36-3)18-24(20)27-15-17-32(16-7-10-22-8-5-4-6-9-22)21(2)29(27,35)14-13-28(19-27)25(33)30-26(34)31-28/h4-12,18,21,35H,13-17,19H2,1-3H3,(H2,30,31,33,34). The van der Waals surface area contributed by atoms with E-state index in [1.807, 2.05) is 43.3 Å². The van der Waals surface area contributed by atoms with Crippen LogP contribution in [0.3, 0.4) is 0 Å². The van der Waals surface area contributed by atoms with Crippen LogP contribution in [-0.4, -0.2) is 59.3 Å². The van der Waals surface area contributed by atoms with E-state index in [2.05, 4.69) is 46.7 Å². The van der Waals surface area contributed by atoms with E-state index in [1.165, 1.54) is 0 Å². The summed E-state index contributed by atoms with van der Waals surface area (Å²) in [6.45, 7) is 5.60. The van der Waals surface area contributed by atoms with Crippen LogP contribution in [0.1, 0.15) is 49.3 Å². The lowest BCUT2D eigenvalue weighted by Crippen LogP contribution is -2.73. The Hall–Kier alpha value is -3.16. The molecule has 3 aliphatic rings. The molecule has 3 N–H and O–H groups in total. The van der Waals surface area contributed by atoms with Crippen molar-refractivity contribution in [3.63, 3.8) is 0 Å². The monoisotopic (exact) mass is 489 g/mol. The van der Waals surface area contributed by atoms with Gasteiger partial charge in [-0.3, -0.25) is 15.0 Å². The number of carbonyl (C=O) groups is 2. The number of rotatable bonds is 5. The summed E-state index contributed by atoms with van der Waals surface area (Å²) in [6, 6.07) is 15.5. The number of ether oxygens (including phenoxy) is 1. The number of nitrogens with one attached hydrogen (secondary N) is 2. The van der Waals surface area contributed by atoms with Crippen molar-refractivity contribution in [2.45, 2.75) is 62.1 Å². The van der Waals surface area contributed by atoms with Gasteiger partial charge in [0.1, 0.15) is 11.3 Å². The van der Waals surface area contributed by atoms with Crippen molar-refractivity contribution in [3.8, 4) is 5.75 Å². The van der Waals surface area contributed by atoms with Gasteiger partial charge in [-0.25, -0.2) is 4.79 Å². The topological polar surface area (TPSA) is 90.9 Å². The molecule has 1 spiro atoms. The number of hydrogen-bond donors (Lipinski definition) is 3. The van der Waals surface area contributed by atoms with E-state index in [1.54, 1.807) is 7.11 Å². The first-order chi connectivity index (χ1) is 17.2. The first-order valence-corrected chi connectivity index (χ1v) is 12.7.